The summed E-state index contributed by atoms with van der Waals surface area (Å²) in [5.74, 6) is -1.02. The first-order valence-electron chi connectivity index (χ1n) is 4.27. The monoisotopic (exact) mass is 207 g/mol. The molecule has 6 nitrogen and oxygen atoms in total. The minimum Gasteiger partial charge on any atom is -0.478 e. The maximum absolute atomic E-state index is 10.7. The third kappa shape index (κ3) is 1.79. The Morgan fingerprint density at radius 1 is 1.67 bits per heavy atom. The standard InChI is InChI=1S/C9H9N3O3/c1-15-5-7-2-8-10-3-6(9(13)14)4-12(8)11-7/h2-4H,5H2,1H3,(H,13,14). The van der Waals surface area contributed by atoms with Gasteiger partial charge in [0.1, 0.15) is 0 Å². The van der Waals surface area contributed by atoms with E-state index >= 15 is 0 Å². The summed E-state index contributed by atoms with van der Waals surface area (Å²) in [7, 11) is 1.57. The predicted octanol–water partition coefficient (Wildman–Crippen LogP) is 0.574. The molecule has 2 aromatic rings. The molecule has 0 saturated carbocycles. The highest BCUT2D eigenvalue weighted by molar-refractivity contribution is 5.87. The molecule has 0 bridgehead atoms. The van der Waals surface area contributed by atoms with Gasteiger partial charge < -0.3 is 9.84 Å². The predicted molar refractivity (Wildman–Crippen MR) is 50.7 cm³/mol. The third-order valence-electron chi connectivity index (χ3n) is 1.90. The molecule has 6 heteroatoms. The van der Waals surface area contributed by atoms with Gasteiger partial charge in [-0.25, -0.2) is 14.3 Å². The van der Waals surface area contributed by atoms with Gasteiger partial charge in [0.15, 0.2) is 5.65 Å². The van der Waals surface area contributed by atoms with Gasteiger partial charge >= 0.3 is 5.97 Å². The van der Waals surface area contributed by atoms with Crippen molar-refractivity contribution in [1.82, 2.24) is 14.6 Å². The van der Waals surface area contributed by atoms with Crippen molar-refractivity contribution in [2.45, 2.75) is 6.61 Å². The molecule has 2 heterocycles. The van der Waals surface area contributed by atoms with Crippen LogP contribution in [-0.4, -0.2) is 32.8 Å². The van der Waals surface area contributed by atoms with Gasteiger partial charge in [-0.1, -0.05) is 0 Å². The van der Waals surface area contributed by atoms with Crippen molar-refractivity contribution in [1.29, 1.82) is 0 Å². The molecule has 0 aliphatic carbocycles. The van der Waals surface area contributed by atoms with Crippen molar-refractivity contribution < 1.29 is 14.6 Å². The van der Waals surface area contributed by atoms with E-state index in [0.29, 0.717) is 17.9 Å². The zero-order valence-corrected chi connectivity index (χ0v) is 8.04. The summed E-state index contributed by atoms with van der Waals surface area (Å²) in [6.45, 7) is 0.381. The van der Waals surface area contributed by atoms with Crippen LogP contribution in [0.15, 0.2) is 18.5 Å². The van der Waals surface area contributed by atoms with Gasteiger partial charge in [0.2, 0.25) is 0 Å². The van der Waals surface area contributed by atoms with Crippen molar-refractivity contribution in [3.63, 3.8) is 0 Å². The van der Waals surface area contributed by atoms with Gasteiger partial charge in [0.25, 0.3) is 0 Å². The summed E-state index contributed by atoms with van der Waals surface area (Å²) in [5.41, 5.74) is 1.43. The second-order valence-corrected chi connectivity index (χ2v) is 3.02. The van der Waals surface area contributed by atoms with Crippen LogP contribution in [0.25, 0.3) is 5.65 Å². The summed E-state index contributed by atoms with van der Waals surface area (Å²) >= 11 is 0. The SMILES string of the molecule is COCc1cc2ncc(C(=O)O)cn2n1. The number of carboxylic acid groups (broad SMARTS) is 1. The lowest BCUT2D eigenvalue weighted by Crippen LogP contribution is -2.01. The molecule has 0 unspecified atom stereocenters. The lowest BCUT2D eigenvalue weighted by atomic mass is 10.3. The average molecular weight is 207 g/mol. The van der Waals surface area contributed by atoms with Crippen LogP contribution in [0.2, 0.25) is 0 Å². The third-order valence-corrected chi connectivity index (χ3v) is 1.90. The Hall–Kier alpha value is -1.95. The Morgan fingerprint density at radius 2 is 2.47 bits per heavy atom. The molecule has 1 N–H and O–H groups in total. The normalized spacial score (nSPS) is 10.7. The summed E-state index contributed by atoms with van der Waals surface area (Å²) in [4.78, 5) is 14.6. The molecule has 78 valence electrons. The Bertz CT molecular complexity index is 506. The van der Waals surface area contributed by atoms with Crippen LogP contribution >= 0.6 is 0 Å². The summed E-state index contributed by atoms with van der Waals surface area (Å²) in [6.07, 6.45) is 2.72. The molecule has 0 amide bonds. The maximum Gasteiger partial charge on any atom is 0.338 e. The number of methoxy groups -OCH3 is 1. The Labute approximate surface area is 85.1 Å². The zero-order valence-electron chi connectivity index (χ0n) is 8.04. The van der Waals surface area contributed by atoms with Crippen LogP contribution in [0.3, 0.4) is 0 Å². The molecule has 0 atom stereocenters. The number of aromatic nitrogens is 3. The van der Waals surface area contributed by atoms with E-state index in [1.807, 2.05) is 0 Å². The van der Waals surface area contributed by atoms with Crippen molar-refractivity contribution in [2.24, 2.45) is 0 Å². The van der Waals surface area contributed by atoms with Crippen molar-refractivity contribution >= 4 is 11.6 Å². The van der Waals surface area contributed by atoms with Crippen molar-refractivity contribution in [3.8, 4) is 0 Å². The molecular weight excluding hydrogens is 198 g/mol. The Morgan fingerprint density at radius 3 is 3.13 bits per heavy atom. The first kappa shape index (κ1) is 9.60. The molecule has 0 aliphatic rings. The first-order chi connectivity index (χ1) is 7.20. The van der Waals surface area contributed by atoms with Crippen molar-refractivity contribution in [3.05, 3.63) is 29.7 Å². The van der Waals surface area contributed by atoms with Gasteiger partial charge in [0, 0.05) is 25.6 Å². The number of carbonyl (C=O) groups is 1. The number of fused-ring (bicyclic) bond motifs is 1. The maximum atomic E-state index is 10.7. The number of hydrogen-bond acceptors (Lipinski definition) is 4. The van der Waals surface area contributed by atoms with E-state index in [2.05, 4.69) is 10.1 Å². The molecule has 0 saturated heterocycles. The van der Waals surface area contributed by atoms with E-state index in [0.717, 1.165) is 0 Å². The minimum atomic E-state index is -1.02. The smallest absolute Gasteiger partial charge is 0.338 e. The van der Waals surface area contributed by atoms with Gasteiger partial charge in [-0.2, -0.15) is 5.10 Å². The highest BCUT2D eigenvalue weighted by atomic mass is 16.5. The second kappa shape index (κ2) is 3.66. The topological polar surface area (TPSA) is 76.7 Å². The van der Waals surface area contributed by atoms with E-state index in [1.165, 1.54) is 16.9 Å². The molecular formula is C9H9N3O3. The Balaban J connectivity index is 2.47. The van der Waals surface area contributed by atoms with Gasteiger partial charge in [-0.15, -0.1) is 0 Å². The quantitative estimate of drug-likeness (QED) is 0.796. The molecule has 0 aliphatic heterocycles. The molecule has 2 rings (SSSR count). The number of aromatic carboxylic acids is 1. The average Bonchev–Trinajstić information content (AvgIpc) is 2.59. The summed E-state index contributed by atoms with van der Waals surface area (Å²) < 4.78 is 6.34. The molecule has 0 spiro atoms. The fourth-order valence-electron chi connectivity index (χ4n) is 1.25. The Kier molecular flexibility index (Phi) is 2.34. The van der Waals surface area contributed by atoms with Crippen LogP contribution in [0, 0.1) is 0 Å². The molecule has 0 aromatic carbocycles. The highest BCUT2D eigenvalue weighted by Gasteiger charge is 2.07. The van der Waals surface area contributed by atoms with E-state index < -0.39 is 5.97 Å². The fraction of sp³-hybridized carbons (Fsp3) is 0.222. The first-order valence-corrected chi connectivity index (χ1v) is 4.27. The lowest BCUT2D eigenvalue weighted by molar-refractivity contribution is 0.0695. The van der Waals surface area contributed by atoms with Gasteiger partial charge in [0.05, 0.1) is 17.9 Å². The second-order valence-electron chi connectivity index (χ2n) is 3.02. The largest absolute Gasteiger partial charge is 0.478 e. The van der Waals surface area contributed by atoms with E-state index in [4.69, 9.17) is 9.84 Å². The molecule has 0 radical (unpaired) electrons. The van der Waals surface area contributed by atoms with E-state index in [-0.39, 0.29) is 5.56 Å². The van der Waals surface area contributed by atoms with Crippen molar-refractivity contribution in [2.75, 3.05) is 7.11 Å². The van der Waals surface area contributed by atoms with E-state index in [1.54, 1.807) is 13.2 Å². The lowest BCUT2D eigenvalue weighted by Gasteiger charge is -1.94. The molecule has 0 fully saturated rings. The number of nitrogens with zero attached hydrogens (tertiary/aromatic N) is 3. The van der Waals surface area contributed by atoms with Crippen LogP contribution in [-0.2, 0) is 11.3 Å². The number of hydrogen-bond donors (Lipinski definition) is 1. The fourth-order valence-corrected chi connectivity index (χ4v) is 1.25. The van der Waals surface area contributed by atoms with Crippen LogP contribution in [0.1, 0.15) is 16.1 Å². The molecule has 2 aromatic heterocycles. The number of rotatable bonds is 3. The van der Waals surface area contributed by atoms with Gasteiger partial charge in [-0.3, -0.25) is 0 Å². The van der Waals surface area contributed by atoms with Crippen LogP contribution in [0.4, 0.5) is 0 Å². The van der Waals surface area contributed by atoms with Crippen LogP contribution < -0.4 is 0 Å². The molecule has 15 heavy (non-hydrogen) atoms. The zero-order chi connectivity index (χ0) is 10.8. The summed E-state index contributed by atoms with van der Waals surface area (Å²) in [5, 5.41) is 12.9. The minimum absolute atomic E-state index is 0.106. The number of ether oxygens (including phenoxy) is 1. The highest BCUT2D eigenvalue weighted by Crippen LogP contribution is 2.06. The van der Waals surface area contributed by atoms with Gasteiger partial charge in [-0.05, 0) is 0 Å². The number of carboxylic acids is 1. The summed E-state index contributed by atoms with van der Waals surface area (Å²) in [6, 6.07) is 1.75. The van der Waals surface area contributed by atoms with Crippen LogP contribution in [0.5, 0.6) is 0 Å². The van der Waals surface area contributed by atoms with E-state index in [9.17, 15) is 4.79 Å².